The zero-order valence-electron chi connectivity index (χ0n) is 19.0. The number of carbonyl (C=O) groups excluding carboxylic acids is 1. The van der Waals surface area contributed by atoms with E-state index in [2.05, 4.69) is 9.67 Å². The number of ether oxygens (including phenoxy) is 1. The van der Waals surface area contributed by atoms with Crippen LogP contribution < -0.4 is 4.90 Å². The summed E-state index contributed by atoms with van der Waals surface area (Å²) < 4.78 is 34.0. The summed E-state index contributed by atoms with van der Waals surface area (Å²) in [6, 6.07) is 5.71. The van der Waals surface area contributed by atoms with Gasteiger partial charge in [-0.15, -0.1) is 0 Å². The number of hydrogen-bond donors (Lipinski definition) is 0. The molecule has 176 valence electrons. The minimum Gasteiger partial charge on any atom is -0.452 e. The summed E-state index contributed by atoms with van der Waals surface area (Å²) in [5.41, 5.74) is 3.64. The zero-order valence-corrected chi connectivity index (χ0v) is 19.8. The number of rotatable bonds is 4. The number of sulfone groups is 1. The Morgan fingerprint density at radius 3 is 2.85 bits per heavy atom. The predicted molar refractivity (Wildman–Crippen MR) is 125 cm³/mol. The first-order valence-electron chi connectivity index (χ1n) is 11.5. The number of hydrogen-bond acceptors (Lipinski definition) is 6. The van der Waals surface area contributed by atoms with Crippen LogP contribution in [0, 0.1) is 0 Å². The Balaban J connectivity index is 1.63. The number of imidazole rings is 1. The van der Waals surface area contributed by atoms with Crippen LogP contribution in [0.1, 0.15) is 43.6 Å². The minimum absolute atomic E-state index is 0.0345. The molecule has 33 heavy (non-hydrogen) atoms. The molecule has 1 saturated heterocycles. The summed E-state index contributed by atoms with van der Waals surface area (Å²) in [4.78, 5) is 19.2. The molecule has 1 fully saturated rings. The summed E-state index contributed by atoms with van der Waals surface area (Å²) in [5.74, 6) is 1.25. The third-order valence-corrected chi connectivity index (χ3v) is 8.63. The van der Waals surface area contributed by atoms with Gasteiger partial charge in [-0.2, -0.15) is 5.10 Å². The molecule has 2 atom stereocenters. The van der Waals surface area contributed by atoms with Gasteiger partial charge < -0.3 is 9.30 Å². The molecule has 0 radical (unpaired) electrons. The van der Waals surface area contributed by atoms with Gasteiger partial charge >= 0.3 is 6.09 Å². The Morgan fingerprint density at radius 1 is 1.27 bits per heavy atom. The van der Waals surface area contributed by atoms with E-state index >= 15 is 0 Å². The molecule has 5 rings (SSSR count). The Hall–Kier alpha value is -2.88. The van der Waals surface area contributed by atoms with Gasteiger partial charge in [-0.1, -0.05) is 0 Å². The van der Waals surface area contributed by atoms with Gasteiger partial charge in [0.25, 0.3) is 0 Å². The van der Waals surface area contributed by atoms with Crippen molar-refractivity contribution < 1.29 is 17.9 Å². The Kier molecular flexibility index (Phi) is 5.64. The summed E-state index contributed by atoms with van der Waals surface area (Å²) in [6.45, 7) is 2.67. The second kappa shape index (κ2) is 8.48. The van der Waals surface area contributed by atoms with E-state index in [0.29, 0.717) is 19.4 Å². The van der Waals surface area contributed by atoms with E-state index in [1.165, 1.54) is 7.11 Å². The fourth-order valence-electron chi connectivity index (χ4n) is 5.26. The first-order valence-corrected chi connectivity index (χ1v) is 13.3. The minimum atomic E-state index is -3.09. The molecular formula is C23H29N5O4S. The maximum atomic E-state index is 12.5. The smallest absolute Gasteiger partial charge is 0.414 e. The van der Waals surface area contributed by atoms with Crippen molar-refractivity contribution in [2.24, 2.45) is 0 Å². The van der Waals surface area contributed by atoms with Gasteiger partial charge in [0.1, 0.15) is 5.82 Å². The lowest BCUT2D eigenvalue weighted by Gasteiger charge is -2.34. The molecular weight excluding hydrogens is 442 g/mol. The molecule has 0 N–H and O–H groups in total. The van der Waals surface area contributed by atoms with Crippen LogP contribution in [0.2, 0.25) is 0 Å². The van der Waals surface area contributed by atoms with E-state index in [9.17, 15) is 13.2 Å². The maximum absolute atomic E-state index is 12.5. The lowest BCUT2D eigenvalue weighted by molar-refractivity contribution is 0.175. The van der Waals surface area contributed by atoms with Crippen LogP contribution in [0.5, 0.6) is 0 Å². The van der Waals surface area contributed by atoms with Gasteiger partial charge in [0.15, 0.2) is 9.84 Å². The summed E-state index contributed by atoms with van der Waals surface area (Å²) in [6.07, 6.45) is 7.00. The predicted octanol–water partition coefficient (Wildman–Crippen LogP) is 3.13. The number of nitrogens with zero attached hydrogens (tertiary/aromatic N) is 5. The average molecular weight is 472 g/mol. The molecule has 0 spiro atoms. The van der Waals surface area contributed by atoms with Gasteiger partial charge in [0.05, 0.1) is 35.3 Å². The summed E-state index contributed by atoms with van der Waals surface area (Å²) in [7, 11) is -1.69. The Morgan fingerprint density at radius 2 is 2.12 bits per heavy atom. The van der Waals surface area contributed by atoms with Gasteiger partial charge in [-0.3, -0.25) is 9.58 Å². The van der Waals surface area contributed by atoms with Gasteiger partial charge in [-0.25, -0.2) is 18.2 Å². The largest absolute Gasteiger partial charge is 0.452 e. The molecule has 4 heterocycles. The molecule has 3 aromatic rings. The number of benzene rings is 1. The fourth-order valence-corrected chi connectivity index (χ4v) is 6.93. The van der Waals surface area contributed by atoms with Crippen LogP contribution in [-0.4, -0.2) is 58.5 Å². The lowest BCUT2D eigenvalue weighted by atomic mass is 9.95. The van der Waals surface area contributed by atoms with Crippen LogP contribution in [0.25, 0.3) is 11.0 Å². The molecule has 2 aliphatic rings. The van der Waals surface area contributed by atoms with Gasteiger partial charge in [0.2, 0.25) is 0 Å². The van der Waals surface area contributed by atoms with Crippen molar-refractivity contribution in [2.75, 3.05) is 23.5 Å². The number of anilines is 1. The first-order chi connectivity index (χ1) is 15.9. The Bertz CT molecular complexity index is 1280. The highest BCUT2D eigenvalue weighted by Gasteiger charge is 2.33. The van der Waals surface area contributed by atoms with E-state index in [1.54, 1.807) is 11.1 Å². The molecule has 0 saturated carbocycles. The molecule has 0 aliphatic carbocycles. The van der Waals surface area contributed by atoms with Gasteiger partial charge in [0, 0.05) is 43.0 Å². The van der Waals surface area contributed by atoms with Crippen molar-refractivity contribution in [3.05, 3.63) is 42.0 Å². The molecule has 0 bridgehead atoms. The molecule has 1 aromatic carbocycles. The van der Waals surface area contributed by atoms with Crippen LogP contribution in [0.15, 0.2) is 30.6 Å². The van der Waals surface area contributed by atoms with Crippen LogP contribution in [0.3, 0.4) is 0 Å². The molecule has 2 aromatic heterocycles. The fraction of sp³-hybridized carbons (Fsp3) is 0.522. The number of amides is 1. The summed E-state index contributed by atoms with van der Waals surface area (Å²) >= 11 is 0. The first kappa shape index (κ1) is 21.9. The van der Waals surface area contributed by atoms with Crippen LogP contribution in [-0.2, 0) is 34.0 Å². The monoisotopic (exact) mass is 471 g/mol. The molecule has 2 aliphatic heterocycles. The van der Waals surface area contributed by atoms with Crippen LogP contribution >= 0.6 is 0 Å². The van der Waals surface area contributed by atoms with E-state index < -0.39 is 9.84 Å². The molecule has 0 unspecified atom stereocenters. The van der Waals surface area contributed by atoms with Crippen molar-refractivity contribution in [1.29, 1.82) is 0 Å². The number of methoxy groups -OCH3 is 1. The highest BCUT2D eigenvalue weighted by molar-refractivity contribution is 7.91. The third-order valence-electron chi connectivity index (χ3n) is 6.83. The normalized spacial score (nSPS) is 22.3. The van der Waals surface area contributed by atoms with E-state index in [1.807, 2.05) is 36.0 Å². The standard InChI is InChI=1S/C23H29N5O4S/c1-16-6-7-18-19(27(16)23(29)32-2)8-9-20-22(18)25-21(10-13-26-12-4-11-24-26)28(20)17-5-3-14-33(30,31)15-17/h4,8-9,11-12,16-17H,3,5-7,10,13-15H2,1-2H3/t16-,17+/m0/s1. The zero-order chi connectivity index (χ0) is 23.2. The topological polar surface area (TPSA) is 99.3 Å². The van der Waals surface area contributed by atoms with Crippen molar-refractivity contribution >= 4 is 32.7 Å². The van der Waals surface area contributed by atoms with Crippen molar-refractivity contribution in [3.8, 4) is 0 Å². The van der Waals surface area contributed by atoms with E-state index in [-0.39, 0.29) is 29.7 Å². The van der Waals surface area contributed by atoms with Crippen molar-refractivity contribution in [3.63, 3.8) is 0 Å². The Labute approximate surface area is 193 Å². The summed E-state index contributed by atoms with van der Waals surface area (Å²) in [5, 5.41) is 4.29. The van der Waals surface area contributed by atoms with Crippen molar-refractivity contribution in [2.45, 2.75) is 57.7 Å². The number of fused-ring (bicyclic) bond motifs is 3. The lowest BCUT2D eigenvalue weighted by Crippen LogP contribution is -2.42. The van der Waals surface area contributed by atoms with Crippen molar-refractivity contribution in [1.82, 2.24) is 19.3 Å². The van der Waals surface area contributed by atoms with E-state index in [0.717, 1.165) is 47.4 Å². The number of aromatic nitrogens is 4. The average Bonchev–Trinajstić information content (AvgIpc) is 3.43. The van der Waals surface area contributed by atoms with Gasteiger partial charge in [-0.05, 0) is 50.8 Å². The second-order valence-electron chi connectivity index (χ2n) is 8.99. The highest BCUT2D eigenvalue weighted by Crippen LogP contribution is 2.38. The molecule has 1 amide bonds. The third kappa shape index (κ3) is 4.01. The number of aryl methyl sites for hydroxylation is 3. The SMILES string of the molecule is COC(=O)N1c2ccc3c(nc(CCn4cccn4)n3[C@@H]3CCCS(=O)(=O)C3)c2CC[C@@H]1C. The maximum Gasteiger partial charge on any atom is 0.414 e. The second-order valence-corrected chi connectivity index (χ2v) is 11.2. The molecule has 9 nitrogen and oxygen atoms in total. The number of carbonyl (C=O) groups is 1. The quantitative estimate of drug-likeness (QED) is 0.580. The highest BCUT2D eigenvalue weighted by atomic mass is 32.2. The van der Waals surface area contributed by atoms with Crippen LogP contribution in [0.4, 0.5) is 10.5 Å². The van der Waals surface area contributed by atoms with E-state index in [4.69, 9.17) is 9.72 Å². The molecule has 10 heteroatoms.